The van der Waals surface area contributed by atoms with Gasteiger partial charge in [-0.05, 0) is 26.9 Å². The highest BCUT2D eigenvalue weighted by atomic mass is 16.5. The first-order chi connectivity index (χ1) is 5.29. The fourth-order valence-electron chi connectivity index (χ4n) is 1.21. The molecule has 0 unspecified atom stereocenters. The Morgan fingerprint density at radius 2 is 2.00 bits per heavy atom. The molecule has 3 nitrogen and oxygen atoms in total. The quantitative estimate of drug-likeness (QED) is 0.597. The zero-order valence-corrected chi connectivity index (χ0v) is 7.47. The highest BCUT2D eigenvalue weighted by Gasteiger charge is 2.12. The Morgan fingerprint density at radius 3 is 2.55 bits per heavy atom. The summed E-state index contributed by atoms with van der Waals surface area (Å²) in [6.07, 6.45) is 2.32. The minimum absolute atomic E-state index is 0.672. The maximum atomic E-state index is 5.25. The highest BCUT2D eigenvalue weighted by molar-refractivity contribution is 4.68. The molecule has 3 heteroatoms. The molecule has 66 valence electrons. The second kappa shape index (κ2) is 4.70. The third kappa shape index (κ3) is 3.70. The van der Waals surface area contributed by atoms with E-state index < -0.39 is 0 Å². The molecule has 0 aliphatic carbocycles. The van der Waals surface area contributed by atoms with E-state index in [1.54, 1.807) is 0 Å². The van der Waals surface area contributed by atoms with Crippen molar-refractivity contribution in [2.75, 3.05) is 34.0 Å². The van der Waals surface area contributed by atoms with E-state index in [0.29, 0.717) is 6.04 Å². The summed E-state index contributed by atoms with van der Waals surface area (Å²) in [6, 6.07) is 0.672. The topological polar surface area (TPSA) is 24.5 Å². The first-order valence-electron chi connectivity index (χ1n) is 4.25. The van der Waals surface area contributed by atoms with Crippen LogP contribution in [0, 0.1) is 0 Å². The van der Waals surface area contributed by atoms with Crippen LogP contribution in [-0.2, 0) is 4.74 Å². The van der Waals surface area contributed by atoms with Gasteiger partial charge in [-0.2, -0.15) is 0 Å². The molecule has 0 amide bonds. The Labute approximate surface area is 68.7 Å². The molecule has 1 aliphatic heterocycles. The maximum Gasteiger partial charge on any atom is 0.0480 e. The van der Waals surface area contributed by atoms with Crippen molar-refractivity contribution in [1.82, 2.24) is 10.2 Å². The fourth-order valence-corrected chi connectivity index (χ4v) is 1.21. The van der Waals surface area contributed by atoms with Crippen LogP contribution >= 0.6 is 0 Å². The van der Waals surface area contributed by atoms with Gasteiger partial charge in [0.25, 0.3) is 0 Å². The first-order valence-corrected chi connectivity index (χ1v) is 4.25. The minimum Gasteiger partial charge on any atom is -0.381 e. The number of nitrogens with zero attached hydrogens (tertiary/aromatic N) is 1. The van der Waals surface area contributed by atoms with Crippen LogP contribution in [0.2, 0.25) is 0 Å². The summed E-state index contributed by atoms with van der Waals surface area (Å²) in [6.45, 7) is 2.82. The molecular formula is C8H18N2O. The van der Waals surface area contributed by atoms with Gasteiger partial charge < -0.3 is 10.1 Å². The average Bonchev–Trinajstić information content (AvgIpc) is 2.03. The predicted molar refractivity (Wildman–Crippen MR) is 45.5 cm³/mol. The summed E-state index contributed by atoms with van der Waals surface area (Å²) < 4.78 is 5.25. The van der Waals surface area contributed by atoms with Crippen LogP contribution in [0.15, 0.2) is 0 Å². The highest BCUT2D eigenvalue weighted by Crippen LogP contribution is 2.05. The van der Waals surface area contributed by atoms with E-state index in [1.807, 2.05) is 0 Å². The molecule has 0 aromatic carbocycles. The lowest BCUT2D eigenvalue weighted by atomic mass is 10.1. The molecule has 0 aromatic heterocycles. The lowest BCUT2D eigenvalue weighted by Crippen LogP contribution is -2.39. The summed E-state index contributed by atoms with van der Waals surface area (Å²) in [4.78, 5) is 2.15. The molecule has 0 spiro atoms. The van der Waals surface area contributed by atoms with Gasteiger partial charge in [-0.15, -0.1) is 0 Å². The number of nitrogens with one attached hydrogen (secondary N) is 1. The van der Waals surface area contributed by atoms with Crippen LogP contribution in [0.25, 0.3) is 0 Å². The SMILES string of the molecule is CN(C)CNC1CCOCC1. The summed E-state index contributed by atoms with van der Waals surface area (Å²) in [5.74, 6) is 0. The fraction of sp³-hybridized carbons (Fsp3) is 1.00. The average molecular weight is 158 g/mol. The molecule has 0 radical (unpaired) electrons. The van der Waals surface area contributed by atoms with E-state index in [-0.39, 0.29) is 0 Å². The molecule has 11 heavy (non-hydrogen) atoms. The van der Waals surface area contributed by atoms with E-state index in [9.17, 15) is 0 Å². The van der Waals surface area contributed by atoms with Crippen LogP contribution in [-0.4, -0.2) is 44.9 Å². The van der Waals surface area contributed by atoms with Crippen LogP contribution < -0.4 is 5.32 Å². The van der Waals surface area contributed by atoms with Crippen molar-refractivity contribution < 1.29 is 4.74 Å². The molecule has 0 saturated carbocycles. The number of rotatable bonds is 3. The van der Waals surface area contributed by atoms with Gasteiger partial charge in [-0.25, -0.2) is 0 Å². The molecule has 1 N–H and O–H groups in total. The van der Waals surface area contributed by atoms with E-state index in [2.05, 4.69) is 24.3 Å². The van der Waals surface area contributed by atoms with E-state index in [0.717, 1.165) is 32.7 Å². The summed E-state index contributed by atoms with van der Waals surface area (Å²) in [7, 11) is 4.15. The lowest BCUT2D eigenvalue weighted by molar-refractivity contribution is 0.0748. The number of hydrogen-bond acceptors (Lipinski definition) is 3. The molecule has 1 aliphatic rings. The van der Waals surface area contributed by atoms with Crippen molar-refractivity contribution in [3.05, 3.63) is 0 Å². The van der Waals surface area contributed by atoms with Gasteiger partial charge in [0.1, 0.15) is 0 Å². The molecule has 0 aromatic rings. The van der Waals surface area contributed by atoms with Crippen molar-refractivity contribution in [3.63, 3.8) is 0 Å². The third-order valence-corrected chi connectivity index (χ3v) is 1.92. The van der Waals surface area contributed by atoms with Gasteiger partial charge >= 0.3 is 0 Å². The molecule has 0 bridgehead atoms. The maximum absolute atomic E-state index is 5.25. The molecule has 1 saturated heterocycles. The zero-order chi connectivity index (χ0) is 8.10. The largest absolute Gasteiger partial charge is 0.381 e. The monoisotopic (exact) mass is 158 g/mol. The van der Waals surface area contributed by atoms with Gasteiger partial charge in [0.15, 0.2) is 0 Å². The van der Waals surface area contributed by atoms with Crippen molar-refractivity contribution in [3.8, 4) is 0 Å². The van der Waals surface area contributed by atoms with Crippen molar-refractivity contribution >= 4 is 0 Å². The molecular weight excluding hydrogens is 140 g/mol. The van der Waals surface area contributed by atoms with Gasteiger partial charge in [0.2, 0.25) is 0 Å². The molecule has 0 atom stereocenters. The van der Waals surface area contributed by atoms with Gasteiger partial charge in [-0.1, -0.05) is 0 Å². The first kappa shape index (κ1) is 8.97. The molecule has 1 rings (SSSR count). The summed E-state index contributed by atoms with van der Waals surface area (Å²) in [5, 5.41) is 3.47. The Bertz CT molecular complexity index is 100. The van der Waals surface area contributed by atoms with Crippen molar-refractivity contribution in [2.45, 2.75) is 18.9 Å². The van der Waals surface area contributed by atoms with Gasteiger partial charge in [0.05, 0.1) is 0 Å². The van der Waals surface area contributed by atoms with Crippen molar-refractivity contribution in [1.29, 1.82) is 0 Å². The van der Waals surface area contributed by atoms with E-state index in [4.69, 9.17) is 4.74 Å². The number of hydrogen-bond donors (Lipinski definition) is 1. The second-order valence-electron chi connectivity index (χ2n) is 3.33. The second-order valence-corrected chi connectivity index (χ2v) is 3.33. The standard InChI is InChI=1S/C8H18N2O/c1-10(2)7-9-8-3-5-11-6-4-8/h8-9H,3-7H2,1-2H3. The smallest absolute Gasteiger partial charge is 0.0480 e. The van der Waals surface area contributed by atoms with Crippen molar-refractivity contribution in [2.24, 2.45) is 0 Å². The van der Waals surface area contributed by atoms with Crippen LogP contribution in [0.3, 0.4) is 0 Å². The van der Waals surface area contributed by atoms with Crippen LogP contribution in [0.1, 0.15) is 12.8 Å². The van der Waals surface area contributed by atoms with E-state index >= 15 is 0 Å². The third-order valence-electron chi connectivity index (χ3n) is 1.92. The lowest BCUT2D eigenvalue weighted by Gasteiger charge is -2.24. The Balaban J connectivity index is 2.05. The minimum atomic E-state index is 0.672. The molecule has 1 fully saturated rings. The predicted octanol–water partition coefficient (Wildman–Crippen LogP) is 0.274. The van der Waals surface area contributed by atoms with Crippen LogP contribution in [0.4, 0.5) is 0 Å². The number of ether oxygens (including phenoxy) is 1. The van der Waals surface area contributed by atoms with Gasteiger partial charge in [0, 0.05) is 25.9 Å². The van der Waals surface area contributed by atoms with Crippen LogP contribution in [0.5, 0.6) is 0 Å². The van der Waals surface area contributed by atoms with E-state index in [1.165, 1.54) is 0 Å². The Hall–Kier alpha value is -0.120. The zero-order valence-electron chi connectivity index (χ0n) is 7.47. The Morgan fingerprint density at radius 1 is 1.36 bits per heavy atom. The normalized spacial score (nSPS) is 21.0. The molecule has 1 heterocycles. The Kier molecular flexibility index (Phi) is 3.83. The summed E-state index contributed by atoms with van der Waals surface area (Å²) in [5.41, 5.74) is 0. The summed E-state index contributed by atoms with van der Waals surface area (Å²) >= 11 is 0. The van der Waals surface area contributed by atoms with Gasteiger partial charge in [-0.3, -0.25) is 4.90 Å².